The van der Waals surface area contributed by atoms with E-state index in [0.29, 0.717) is 12.5 Å². The van der Waals surface area contributed by atoms with Crippen LogP contribution < -0.4 is 5.56 Å². The van der Waals surface area contributed by atoms with Gasteiger partial charge in [-0.25, -0.2) is 4.79 Å². The van der Waals surface area contributed by atoms with Crippen molar-refractivity contribution in [3.63, 3.8) is 0 Å². The van der Waals surface area contributed by atoms with E-state index in [1.54, 1.807) is 10.6 Å². The van der Waals surface area contributed by atoms with Crippen molar-refractivity contribution in [3.8, 4) is 0 Å². The predicted molar refractivity (Wildman–Crippen MR) is 75.3 cm³/mol. The van der Waals surface area contributed by atoms with Crippen molar-refractivity contribution in [1.29, 1.82) is 0 Å². The highest BCUT2D eigenvalue weighted by molar-refractivity contribution is 5.87. The lowest BCUT2D eigenvalue weighted by molar-refractivity contribution is 0.0694. The average Bonchev–Trinajstić information content (AvgIpc) is 2.38. The molecule has 2 aromatic rings. The molecule has 1 heterocycles. The molecule has 0 aliphatic heterocycles. The van der Waals surface area contributed by atoms with Gasteiger partial charge in [0.05, 0.1) is 0 Å². The number of aryl methyl sites for hydroxylation is 1. The maximum atomic E-state index is 12.2. The molecule has 1 aliphatic carbocycles. The smallest absolute Gasteiger partial charge is 0.341 e. The predicted octanol–water partition coefficient (Wildman–Crippen LogP) is 2.19. The molecule has 1 unspecified atom stereocenters. The Balaban J connectivity index is 1.95. The minimum absolute atomic E-state index is 0.164. The van der Waals surface area contributed by atoms with Crippen LogP contribution in [0, 0.1) is 6.92 Å². The first-order chi connectivity index (χ1) is 9.58. The monoisotopic (exact) mass is 269 g/mol. The molecule has 1 aromatic carbocycles. The lowest BCUT2D eigenvalue weighted by Crippen LogP contribution is -2.32. The number of carboxylic acid groups (broad SMARTS) is 1. The molecule has 0 bridgehead atoms. The second-order valence-electron chi connectivity index (χ2n) is 5.21. The number of benzene rings is 1. The van der Waals surface area contributed by atoms with Gasteiger partial charge in [0, 0.05) is 18.2 Å². The molecule has 0 fully saturated rings. The molecule has 4 heteroatoms. The summed E-state index contributed by atoms with van der Waals surface area (Å²) in [7, 11) is 0. The molecule has 3 rings (SSSR count). The summed E-state index contributed by atoms with van der Waals surface area (Å²) in [5.74, 6) is -0.871. The molecule has 20 heavy (non-hydrogen) atoms. The van der Waals surface area contributed by atoms with Gasteiger partial charge in [-0.1, -0.05) is 24.3 Å². The van der Waals surface area contributed by atoms with Gasteiger partial charge in [-0.15, -0.1) is 0 Å². The van der Waals surface area contributed by atoms with Crippen molar-refractivity contribution in [1.82, 2.24) is 4.57 Å². The molecule has 0 spiro atoms. The van der Waals surface area contributed by atoms with E-state index < -0.39 is 11.5 Å². The van der Waals surface area contributed by atoms with Crippen LogP contribution >= 0.6 is 0 Å². The molecule has 102 valence electrons. The number of nitrogens with zero attached hydrogens (tertiary/aromatic N) is 1. The first-order valence-electron chi connectivity index (χ1n) is 6.59. The fourth-order valence-electron chi connectivity index (χ4n) is 2.81. The van der Waals surface area contributed by atoms with Crippen LogP contribution in [0.3, 0.4) is 0 Å². The van der Waals surface area contributed by atoms with E-state index in [0.717, 1.165) is 12.1 Å². The summed E-state index contributed by atoms with van der Waals surface area (Å²) < 4.78 is 1.57. The molecule has 1 atom stereocenters. The summed E-state index contributed by atoms with van der Waals surface area (Å²) in [6.07, 6.45) is 0.944. The van der Waals surface area contributed by atoms with Gasteiger partial charge >= 0.3 is 5.97 Å². The highest BCUT2D eigenvalue weighted by Crippen LogP contribution is 2.35. The zero-order valence-electron chi connectivity index (χ0n) is 11.2. The summed E-state index contributed by atoms with van der Waals surface area (Å²) in [5.41, 5.74) is 2.80. The highest BCUT2D eigenvalue weighted by Gasteiger charge is 2.26. The summed E-state index contributed by atoms with van der Waals surface area (Å²) in [4.78, 5) is 23.2. The van der Waals surface area contributed by atoms with Crippen molar-refractivity contribution in [2.45, 2.75) is 25.8 Å². The Labute approximate surface area is 116 Å². The third-order valence-corrected chi connectivity index (χ3v) is 3.99. The summed E-state index contributed by atoms with van der Waals surface area (Å²) in [5, 5.41) is 9.03. The second kappa shape index (κ2) is 4.63. The van der Waals surface area contributed by atoms with Gasteiger partial charge in [-0.2, -0.15) is 0 Å². The molecule has 0 amide bonds. The maximum absolute atomic E-state index is 12.2. The molecule has 4 nitrogen and oxygen atoms in total. The van der Waals surface area contributed by atoms with E-state index in [1.807, 2.05) is 19.1 Å². The molecule has 0 saturated carbocycles. The average molecular weight is 269 g/mol. The fourth-order valence-corrected chi connectivity index (χ4v) is 2.81. The van der Waals surface area contributed by atoms with E-state index in [2.05, 4.69) is 12.1 Å². The SMILES string of the molecule is Cc1ccc(C(=O)O)c(=O)n1CC1Cc2ccccc21. The van der Waals surface area contributed by atoms with Crippen LogP contribution in [0.5, 0.6) is 0 Å². The van der Waals surface area contributed by atoms with Gasteiger partial charge in [0.15, 0.2) is 0 Å². The zero-order valence-corrected chi connectivity index (χ0v) is 11.2. The molecule has 0 radical (unpaired) electrons. The summed E-state index contributed by atoms with van der Waals surface area (Å²) in [6.45, 7) is 2.38. The van der Waals surface area contributed by atoms with Crippen molar-refractivity contribution < 1.29 is 9.90 Å². The van der Waals surface area contributed by atoms with E-state index >= 15 is 0 Å². The molecule has 1 aromatic heterocycles. The van der Waals surface area contributed by atoms with Gasteiger partial charge in [0.2, 0.25) is 0 Å². The first kappa shape index (κ1) is 12.7. The molecule has 1 aliphatic rings. The Kier molecular flexibility index (Phi) is 2.93. The quantitative estimate of drug-likeness (QED) is 0.929. The second-order valence-corrected chi connectivity index (χ2v) is 5.21. The van der Waals surface area contributed by atoms with E-state index in [1.165, 1.54) is 17.2 Å². The fraction of sp³-hybridized carbons (Fsp3) is 0.250. The van der Waals surface area contributed by atoms with Crippen LogP contribution in [-0.2, 0) is 13.0 Å². The number of aromatic nitrogens is 1. The number of hydrogen-bond acceptors (Lipinski definition) is 2. The van der Waals surface area contributed by atoms with Crippen LogP contribution in [0.2, 0.25) is 0 Å². The molecular formula is C16H15NO3. The highest BCUT2D eigenvalue weighted by atomic mass is 16.4. The molecular weight excluding hydrogens is 254 g/mol. The Bertz CT molecular complexity index is 746. The van der Waals surface area contributed by atoms with Crippen molar-refractivity contribution in [2.24, 2.45) is 0 Å². The first-order valence-corrected chi connectivity index (χ1v) is 6.59. The largest absolute Gasteiger partial charge is 0.477 e. The van der Waals surface area contributed by atoms with Gasteiger partial charge in [0.25, 0.3) is 5.56 Å². The van der Waals surface area contributed by atoms with Gasteiger partial charge < -0.3 is 9.67 Å². The summed E-state index contributed by atoms with van der Waals surface area (Å²) in [6, 6.07) is 11.2. The van der Waals surface area contributed by atoms with E-state index in [4.69, 9.17) is 5.11 Å². The Morgan fingerprint density at radius 3 is 2.75 bits per heavy atom. The van der Waals surface area contributed by atoms with E-state index in [-0.39, 0.29) is 5.56 Å². The topological polar surface area (TPSA) is 59.3 Å². The maximum Gasteiger partial charge on any atom is 0.341 e. The molecule has 1 N–H and O–H groups in total. The zero-order chi connectivity index (χ0) is 14.3. The van der Waals surface area contributed by atoms with Gasteiger partial charge in [0.1, 0.15) is 5.56 Å². The third kappa shape index (κ3) is 1.93. The Hall–Kier alpha value is -2.36. The Morgan fingerprint density at radius 2 is 2.05 bits per heavy atom. The van der Waals surface area contributed by atoms with Gasteiger partial charge in [-0.3, -0.25) is 4.79 Å². The van der Waals surface area contributed by atoms with Crippen LogP contribution in [0.1, 0.15) is 33.1 Å². The lowest BCUT2D eigenvalue weighted by Gasteiger charge is -2.31. The number of rotatable bonds is 3. The number of fused-ring (bicyclic) bond motifs is 1. The lowest BCUT2D eigenvalue weighted by atomic mass is 9.77. The van der Waals surface area contributed by atoms with Crippen LogP contribution in [0.25, 0.3) is 0 Å². The van der Waals surface area contributed by atoms with Crippen LogP contribution in [0.15, 0.2) is 41.2 Å². The van der Waals surface area contributed by atoms with Crippen LogP contribution in [0.4, 0.5) is 0 Å². The number of aromatic carboxylic acids is 1. The normalized spacial score (nSPS) is 16.4. The number of hydrogen-bond donors (Lipinski definition) is 1. The summed E-state index contributed by atoms with van der Waals surface area (Å²) >= 11 is 0. The molecule has 0 saturated heterocycles. The number of carboxylic acids is 1. The number of pyridine rings is 1. The van der Waals surface area contributed by atoms with E-state index in [9.17, 15) is 9.59 Å². The third-order valence-electron chi connectivity index (χ3n) is 3.99. The Morgan fingerprint density at radius 1 is 1.30 bits per heavy atom. The van der Waals surface area contributed by atoms with Crippen molar-refractivity contribution in [2.75, 3.05) is 0 Å². The van der Waals surface area contributed by atoms with Crippen molar-refractivity contribution >= 4 is 5.97 Å². The van der Waals surface area contributed by atoms with Crippen molar-refractivity contribution in [3.05, 3.63) is 69.1 Å². The number of carbonyl (C=O) groups is 1. The minimum atomic E-state index is -1.17. The standard InChI is InChI=1S/C16H15NO3/c1-10-6-7-14(16(19)20)15(18)17(10)9-12-8-11-4-2-3-5-13(11)12/h2-7,12H,8-9H2,1H3,(H,19,20). The van der Waals surface area contributed by atoms with Crippen LogP contribution in [-0.4, -0.2) is 15.6 Å². The minimum Gasteiger partial charge on any atom is -0.477 e. The van der Waals surface area contributed by atoms with Gasteiger partial charge in [-0.05, 0) is 36.6 Å².